The van der Waals surface area contributed by atoms with Crippen LogP contribution >= 0.6 is 0 Å². The highest BCUT2D eigenvalue weighted by atomic mass is 16.4. The smallest absolute Gasteiger partial charge is 0.307 e. The van der Waals surface area contributed by atoms with Gasteiger partial charge in [-0.15, -0.1) is 0 Å². The minimum atomic E-state index is -0.759. The van der Waals surface area contributed by atoms with E-state index in [2.05, 4.69) is 39.0 Å². The van der Waals surface area contributed by atoms with Crippen molar-refractivity contribution >= 4 is 5.97 Å². The molecule has 1 aromatic rings. The Balaban J connectivity index is 2.50. The Morgan fingerprint density at radius 3 is 2.38 bits per heavy atom. The Morgan fingerprint density at radius 1 is 1.29 bits per heavy atom. The van der Waals surface area contributed by atoms with Crippen LogP contribution in [0.25, 0.3) is 0 Å². The molecule has 0 aliphatic rings. The number of nitrogens with two attached hydrogens (primary N) is 1. The fourth-order valence-corrected chi connectivity index (χ4v) is 3.00. The van der Waals surface area contributed by atoms with Crippen LogP contribution in [0.5, 0.6) is 0 Å². The van der Waals surface area contributed by atoms with Crippen LogP contribution in [0.2, 0.25) is 0 Å². The van der Waals surface area contributed by atoms with E-state index in [0.717, 1.165) is 25.7 Å². The predicted octanol–water partition coefficient (Wildman–Crippen LogP) is 3.70. The highest BCUT2D eigenvalue weighted by Gasteiger charge is 2.20. The Bertz CT molecular complexity index is 436. The lowest BCUT2D eigenvalue weighted by Crippen LogP contribution is -2.25. The molecule has 0 fully saturated rings. The number of aliphatic carboxylic acids is 1. The molecule has 118 valence electrons. The Hall–Kier alpha value is -1.35. The largest absolute Gasteiger partial charge is 0.481 e. The highest BCUT2D eigenvalue weighted by molar-refractivity contribution is 5.70. The molecule has 3 N–H and O–H groups in total. The maximum absolute atomic E-state index is 11.1. The van der Waals surface area contributed by atoms with Crippen molar-refractivity contribution in [1.29, 1.82) is 0 Å². The lowest BCUT2D eigenvalue weighted by Gasteiger charge is -2.19. The van der Waals surface area contributed by atoms with Crippen molar-refractivity contribution in [1.82, 2.24) is 0 Å². The first-order chi connectivity index (χ1) is 9.99. The molecule has 3 nitrogen and oxygen atoms in total. The number of carboxylic acid groups (broad SMARTS) is 1. The number of aryl methyl sites for hydroxylation is 2. The van der Waals surface area contributed by atoms with E-state index in [0.29, 0.717) is 12.3 Å². The minimum Gasteiger partial charge on any atom is -0.481 e. The van der Waals surface area contributed by atoms with Gasteiger partial charge in [0.15, 0.2) is 0 Å². The van der Waals surface area contributed by atoms with Gasteiger partial charge < -0.3 is 10.8 Å². The van der Waals surface area contributed by atoms with Crippen LogP contribution in [0.1, 0.15) is 49.3 Å². The van der Waals surface area contributed by atoms with Gasteiger partial charge in [0.05, 0.1) is 5.92 Å². The molecule has 1 aromatic carbocycles. The number of hydrogen-bond donors (Lipinski definition) is 2. The summed E-state index contributed by atoms with van der Waals surface area (Å²) in [5, 5.41) is 9.11. The summed E-state index contributed by atoms with van der Waals surface area (Å²) in [5.74, 6) is -0.695. The van der Waals surface area contributed by atoms with E-state index < -0.39 is 11.9 Å². The number of hydrogen-bond acceptors (Lipinski definition) is 2. The standard InChI is InChI=1S/C18H29NO2/c1-4-15(11-16(12-19)18(20)21)9-6-10-17-13(2)7-5-8-14(17)3/h5,7-8,15-16H,4,6,9-12,19H2,1-3H3,(H,20,21). The fraction of sp³-hybridized carbons (Fsp3) is 0.611. The van der Waals surface area contributed by atoms with E-state index in [1.807, 2.05) is 0 Å². The van der Waals surface area contributed by atoms with Gasteiger partial charge in [0.1, 0.15) is 0 Å². The van der Waals surface area contributed by atoms with Crippen molar-refractivity contribution in [2.75, 3.05) is 6.54 Å². The molecular formula is C18H29NO2. The molecule has 0 amide bonds. The van der Waals surface area contributed by atoms with Crippen molar-refractivity contribution in [3.05, 3.63) is 34.9 Å². The number of carbonyl (C=O) groups is 1. The summed E-state index contributed by atoms with van der Waals surface area (Å²) in [5.41, 5.74) is 9.71. The molecular weight excluding hydrogens is 262 g/mol. The van der Waals surface area contributed by atoms with Crippen LogP contribution in [0, 0.1) is 25.7 Å². The summed E-state index contributed by atoms with van der Waals surface area (Å²) in [6.45, 7) is 6.70. The number of carboxylic acids is 1. The SMILES string of the molecule is CCC(CCCc1c(C)cccc1C)CC(CN)C(=O)O. The second-order valence-electron chi connectivity index (χ2n) is 6.04. The van der Waals surface area contributed by atoms with E-state index in [1.54, 1.807) is 0 Å². The molecule has 0 heterocycles. The summed E-state index contributed by atoms with van der Waals surface area (Å²) < 4.78 is 0. The van der Waals surface area contributed by atoms with Crippen LogP contribution in [-0.2, 0) is 11.2 Å². The molecule has 0 radical (unpaired) electrons. The van der Waals surface area contributed by atoms with Crippen molar-refractivity contribution < 1.29 is 9.90 Å². The van der Waals surface area contributed by atoms with E-state index in [-0.39, 0.29) is 6.54 Å². The van der Waals surface area contributed by atoms with Crippen molar-refractivity contribution in [2.24, 2.45) is 17.6 Å². The zero-order chi connectivity index (χ0) is 15.8. The molecule has 0 aliphatic carbocycles. The summed E-state index contributed by atoms with van der Waals surface area (Å²) in [6.07, 6.45) is 5.00. The monoisotopic (exact) mass is 291 g/mol. The van der Waals surface area contributed by atoms with Gasteiger partial charge in [-0.3, -0.25) is 4.79 Å². The topological polar surface area (TPSA) is 63.3 Å². The zero-order valence-corrected chi connectivity index (χ0v) is 13.6. The first kappa shape index (κ1) is 17.7. The van der Waals surface area contributed by atoms with Crippen LogP contribution in [0.4, 0.5) is 0 Å². The first-order valence-electron chi connectivity index (χ1n) is 7.97. The summed E-state index contributed by atoms with van der Waals surface area (Å²) in [6, 6.07) is 6.42. The van der Waals surface area contributed by atoms with Crippen molar-refractivity contribution in [3.63, 3.8) is 0 Å². The normalized spacial score (nSPS) is 13.9. The molecule has 0 spiro atoms. The Morgan fingerprint density at radius 2 is 1.90 bits per heavy atom. The predicted molar refractivity (Wildman–Crippen MR) is 87.4 cm³/mol. The van der Waals surface area contributed by atoms with Gasteiger partial charge in [-0.05, 0) is 55.7 Å². The third-order valence-electron chi connectivity index (χ3n) is 4.51. The third kappa shape index (κ3) is 5.50. The van der Waals surface area contributed by atoms with Gasteiger partial charge in [-0.25, -0.2) is 0 Å². The van der Waals surface area contributed by atoms with E-state index >= 15 is 0 Å². The van der Waals surface area contributed by atoms with Gasteiger partial charge in [-0.1, -0.05) is 38.0 Å². The Labute approximate surface area is 128 Å². The van der Waals surface area contributed by atoms with Gasteiger partial charge >= 0.3 is 5.97 Å². The molecule has 0 aliphatic heterocycles. The summed E-state index contributed by atoms with van der Waals surface area (Å²) in [7, 11) is 0. The van der Waals surface area contributed by atoms with Gasteiger partial charge in [0.25, 0.3) is 0 Å². The second kappa shape index (κ2) is 8.83. The van der Waals surface area contributed by atoms with Crippen molar-refractivity contribution in [3.8, 4) is 0 Å². The fourth-order valence-electron chi connectivity index (χ4n) is 3.00. The number of rotatable bonds is 9. The average molecular weight is 291 g/mol. The molecule has 0 bridgehead atoms. The van der Waals surface area contributed by atoms with Crippen LogP contribution < -0.4 is 5.73 Å². The zero-order valence-electron chi connectivity index (χ0n) is 13.6. The highest BCUT2D eigenvalue weighted by Crippen LogP contribution is 2.23. The van der Waals surface area contributed by atoms with E-state index in [9.17, 15) is 4.79 Å². The van der Waals surface area contributed by atoms with Crippen molar-refractivity contribution in [2.45, 2.75) is 52.9 Å². The lowest BCUT2D eigenvalue weighted by atomic mass is 9.87. The van der Waals surface area contributed by atoms with Crippen LogP contribution in [0.3, 0.4) is 0 Å². The summed E-state index contributed by atoms with van der Waals surface area (Å²) >= 11 is 0. The third-order valence-corrected chi connectivity index (χ3v) is 4.51. The number of benzene rings is 1. The molecule has 3 heteroatoms. The molecule has 2 atom stereocenters. The van der Waals surface area contributed by atoms with E-state index in [1.165, 1.54) is 16.7 Å². The minimum absolute atomic E-state index is 0.239. The molecule has 21 heavy (non-hydrogen) atoms. The molecule has 0 saturated heterocycles. The van der Waals surface area contributed by atoms with Crippen LogP contribution in [0.15, 0.2) is 18.2 Å². The van der Waals surface area contributed by atoms with Gasteiger partial charge in [0.2, 0.25) is 0 Å². The second-order valence-corrected chi connectivity index (χ2v) is 6.04. The summed E-state index contributed by atoms with van der Waals surface area (Å²) in [4.78, 5) is 11.1. The maximum Gasteiger partial charge on any atom is 0.307 e. The quantitative estimate of drug-likeness (QED) is 0.729. The molecule has 0 aromatic heterocycles. The first-order valence-corrected chi connectivity index (χ1v) is 7.97. The van der Waals surface area contributed by atoms with Gasteiger partial charge in [0, 0.05) is 6.54 Å². The molecule has 0 saturated carbocycles. The molecule has 1 rings (SSSR count). The lowest BCUT2D eigenvalue weighted by molar-refractivity contribution is -0.142. The van der Waals surface area contributed by atoms with E-state index in [4.69, 9.17) is 10.8 Å². The Kier molecular flexibility index (Phi) is 7.44. The van der Waals surface area contributed by atoms with Gasteiger partial charge in [-0.2, -0.15) is 0 Å². The van der Waals surface area contributed by atoms with Crippen LogP contribution in [-0.4, -0.2) is 17.6 Å². The molecule has 2 unspecified atom stereocenters. The average Bonchev–Trinajstić information content (AvgIpc) is 2.45. The maximum atomic E-state index is 11.1.